The zero-order valence-electron chi connectivity index (χ0n) is 12.5. The van der Waals surface area contributed by atoms with Gasteiger partial charge in [-0.3, -0.25) is 9.59 Å². The van der Waals surface area contributed by atoms with Crippen LogP contribution >= 0.6 is 0 Å². The number of carbonyl (C=O) groups excluding carboxylic acids is 1. The standard InChI is InChI=1S/C17H17NO5/c19-15-7-14(23-10-16(15)20)8-18-17(21)12-3-1-2-11(6-12)13-4-5-22-9-13/h1-3,6-7,10,13,20H,4-5,8-9H2,(H,18,21). The minimum Gasteiger partial charge on any atom is -0.502 e. The van der Waals surface area contributed by atoms with Crippen LogP contribution in [0.15, 0.2) is 45.8 Å². The number of nitrogens with one attached hydrogen (secondary N) is 1. The Labute approximate surface area is 132 Å². The molecule has 1 saturated heterocycles. The molecule has 1 amide bonds. The third-order valence-corrected chi connectivity index (χ3v) is 3.84. The summed E-state index contributed by atoms with van der Waals surface area (Å²) < 4.78 is 10.4. The van der Waals surface area contributed by atoms with Crippen LogP contribution < -0.4 is 10.7 Å². The zero-order chi connectivity index (χ0) is 16.2. The van der Waals surface area contributed by atoms with Gasteiger partial charge in [-0.15, -0.1) is 0 Å². The Morgan fingerprint density at radius 2 is 2.22 bits per heavy atom. The molecule has 0 bridgehead atoms. The van der Waals surface area contributed by atoms with Crippen LogP contribution in [-0.4, -0.2) is 24.2 Å². The Morgan fingerprint density at radius 1 is 1.35 bits per heavy atom. The normalized spacial score (nSPS) is 17.1. The molecule has 1 atom stereocenters. The first kappa shape index (κ1) is 15.3. The summed E-state index contributed by atoms with van der Waals surface area (Å²) in [5.41, 5.74) is 1.10. The van der Waals surface area contributed by atoms with E-state index in [1.165, 1.54) is 0 Å². The fraction of sp³-hybridized carbons (Fsp3) is 0.294. The van der Waals surface area contributed by atoms with Gasteiger partial charge in [-0.25, -0.2) is 0 Å². The lowest BCUT2D eigenvalue weighted by atomic mass is 9.96. The van der Waals surface area contributed by atoms with Crippen molar-refractivity contribution in [3.05, 3.63) is 63.7 Å². The molecule has 23 heavy (non-hydrogen) atoms. The molecule has 0 aliphatic carbocycles. The summed E-state index contributed by atoms with van der Waals surface area (Å²) in [7, 11) is 0. The average Bonchev–Trinajstić information content (AvgIpc) is 3.10. The van der Waals surface area contributed by atoms with Crippen LogP contribution in [0.1, 0.15) is 34.0 Å². The van der Waals surface area contributed by atoms with Crippen LogP contribution in [-0.2, 0) is 11.3 Å². The molecule has 2 aromatic rings. The molecule has 1 aromatic heterocycles. The van der Waals surface area contributed by atoms with Gasteiger partial charge in [-0.05, 0) is 24.1 Å². The fourth-order valence-electron chi connectivity index (χ4n) is 2.54. The van der Waals surface area contributed by atoms with E-state index in [0.717, 1.165) is 30.9 Å². The zero-order valence-corrected chi connectivity index (χ0v) is 12.5. The second kappa shape index (κ2) is 6.66. The maximum Gasteiger partial charge on any atom is 0.251 e. The molecule has 0 spiro atoms. The van der Waals surface area contributed by atoms with E-state index in [1.54, 1.807) is 6.07 Å². The molecule has 3 rings (SSSR count). The number of benzene rings is 1. The maximum atomic E-state index is 12.2. The molecule has 1 aliphatic heterocycles. The minimum atomic E-state index is -0.538. The Morgan fingerprint density at radius 3 is 2.96 bits per heavy atom. The molecule has 2 heterocycles. The van der Waals surface area contributed by atoms with E-state index in [4.69, 9.17) is 14.3 Å². The predicted molar refractivity (Wildman–Crippen MR) is 82.4 cm³/mol. The number of hydrogen-bond acceptors (Lipinski definition) is 5. The number of amides is 1. The van der Waals surface area contributed by atoms with Gasteiger partial charge in [0.25, 0.3) is 5.91 Å². The minimum absolute atomic E-state index is 0.0745. The van der Waals surface area contributed by atoms with Gasteiger partial charge < -0.3 is 19.6 Å². The Balaban J connectivity index is 1.67. The van der Waals surface area contributed by atoms with Crippen LogP contribution in [0.25, 0.3) is 0 Å². The molecule has 0 radical (unpaired) electrons. The van der Waals surface area contributed by atoms with E-state index in [0.29, 0.717) is 18.1 Å². The topological polar surface area (TPSA) is 88.8 Å². The summed E-state index contributed by atoms with van der Waals surface area (Å²) in [5.74, 6) is -0.0904. The van der Waals surface area contributed by atoms with Crippen molar-refractivity contribution >= 4 is 5.91 Å². The average molecular weight is 315 g/mol. The number of ether oxygens (including phenoxy) is 1. The smallest absolute Gasteiger partial charge is 0.251 e. The third kappa shape index (κ3) is 3.60. The Kier molecular flexibility index (Phi) is 4.43. The number of aromatic hydroxyl groups is 1. The van der Waals surface area contributed by atoms with Gasteiger partial charge in [0.15, 0.2) is 5.75 Å². The van der Waals surface area contributed by atoms with Gasteiger partial charge >= 0.3 is 0 Å². The van der Waals surface area contributed by atoms with Crippen molar-refractivity contribution in [1.82, 2.24) is 5.32 Å². The van der Waals surface area contributed by atoms with E-state index in [-0.39, 0.29) is 18.2 Å². The highest BCUT2D eigenvalue weighted by molar-refractivity contribution is 5.94. The lowest BCUT2D eigenvalue weighted by molar-refractivity contribution is 0.0947. The molecule has 6 nitrogen and oxygen atoms in total. The van der Waals surface area contributed by atoms with Gasteiger partial charge in [0.05, 0.1) is 13.2 Å². The third-order valence-electron chi connectivity index (χ3n) is 3.84. The second-order valence-electron chi connectivity index (χ2n) is 5.46. The maximum absolute atomic E-state index is 12.2. The molecule has 2 N–H and O–H groups in total. The molecule has 6 heteroatoms. The van der Waals surface area contributed by atoms with Gasteiger partial charge in [0.2, 0.25) is 5.43 Å². The highest BCUT2D eigenvalue weighted by Crippen LogP contribution is 2.25. The Hall–Kier alpha value is -2.60. The Bertz CT molecular complexity index is 762. The highest BCUT2D eigenvalue weighted by atomic mass is 16.5. The van der Waals surface area contributed by atoms with Crippen molar-refractivity contribution in [3.63, 3.8) is 0 Å². The van der Waals surface area contributed by atoms with Crippen molar-refractivity contribution < 1.29 is 19.1 Å². The lowest BCUT2D eigenvalue weighted by Crippen LogP contribution is -2.23. The molecular weight excluding hydrogens is 298 g/mol. The number of rotatable bonds is 4. The van der Waals surface area contributed by atoms with Crippen molar-refractivity contribution in [3.8, 4) is 5.75 Å². The first-order valence-corrected chi connectivity index (χ1v) is 7.40. The fourth-order valence-corrected chi connectivity index (χ4v) is 2.54. The highest BCUT2D eigenvalue weighted by Gasteiger charge is 2.18. The summed E-state index contributed by atoms with van der Waals surface area (Å²) in [6.45, 7) is 1.51. The molecular formula is C17H17NO5. The van der Waals surface area contributed by atoms with Crippen molar-refractivity contribution in [2.24, 2.45) is 0 Å². The first-order chi connectivity index (χ1) is 11.1. The monoisotopic (exact) mass is 315 g/mol. The van der Waals surface area contributed by atoms with Crippen molar-refractivity contribution in [2.75, 3.05) is 13.2 Å². The predicted octanol–water partition coefficient (Wildman–Crippen LogP) is 1.78. The number of carbonyl (C=O) groups is 1. The molecule has 1 fully saturated rings. The van der Waals surface area contributed by atoms with Gasteiger partial charge in [0, 0.05) is 24.2 Å². The summed E-state index contributed by atoms with van der Waals surface area (Å²) in [6, 6.07) is 8.60. The van der Waals surface area contributed by atoms with Crippen LogP contribution in [0.4, 0.5) is 0 Å². The SMILES string of the molecule is O=C(NCc1cc(=O)c(O)co1)c1cccc(C2CCOC2)c1. The van der Waals surface area contributed by atoms with Crippen LogP contribution in [0.2, 0.25) is 0 Å². The van der Waals surface area contributed by atoms with Crippen molar-refractivity contribution in [2.45, 2.75) is 18.9 Å². The van der Waals surface area contributed by atoms with E-state index >= 15 is 0 Å². The summed E-state index contributed by atoms with van der Waals surface area (Å²) in [6.07, 6.45) is 1.92. The van der Waals surface area contributed by atoms with Gasteiger partial charge in [0.1, 0.15) is 12.0 Å². The van der Waals surface area contributed by atoms with E-state index in [9.17, 15) is 9.59 Å². The molecule has 1 unspecified atom stereocenters. The van der Waals surface area contributed by atoms with E-state index in [1.807, 2.05) is 18.2 Å². The number of hydrogen-bond donors (Lipinski definition) is 2. The van der Waals surface area contributed by atoms with E-state index in [2.05, 4.69) is 5.32 Å². The molecule has 1 aliphatic rings. The van der Waals surface area contributed by atoms with Crippen molar-refractivity contribution in [1.29, 1.82) is 0 Å². The molecule has 1 aromatic carbocycles. The summed E-state index contributed by atoms with van der Waals surface area (Å²) in [4.78, 5) is 23.5. The second-order valence-corrected chi connectivity index (χ2v) is 5.46. The van der Waals surface area contributed by atoms with Gasteiger partial charge in [-0.2, -0.15) is 0 Å². The molecule has 120 valence electrons. The largest absolute Gasteiger partial charge is 0.502 e. The van der Waals surface area contributed by atoms with Crippen LogP contribution in [0.3, 0.4) is 0 Å². The van der Waals surface area contributed by atoms with Crippen LogP contribution in [0.5, 0.6) is 5.75 Å². The molecule has 0 saturated carbocycles. The quantitative estimate of drug-likeness (QED) is 0.898. The summed E-state index contributed by atoms with van der Waals surface area (Å²) in [5, 5.41) is 11.8. The summed E-state index contributed by atoms with van der Waals surface area (Å²) >= 11 is 0. The first-order valence-electron chi connectivity index (χ1n) is 7.40. The van der Waals surface area contributed by atoms with Crippen LogP contribution in [0, 0.1) is 0 Å². The van der Waals surface area contributed by atoms with E-state index < -0.39 is 11.2 Å². The van der Waals surface area contributed by atoms with Gasteiger partial charge in [-0.1, -0.05) is 12.1 Å². The lowest BCUT2D eigenvalue weighted by Gasteiger charge is -2.10.